The van der Waals surface area contributed by atoms with E-state index in [1.165, 1.54) is 0 Å². The van der Waals surface area contributed by atoms with Gasteiger partial charge < -0.3 is 10.0 Å². The van der Waals surface area contributed by atoms with Gasteiger partial charge in [-0.05, 0) is 42.9 Å². The monoisotopic (exact) mass is 365 g/mol. The van der Waals surface area contributed by atoms with Crippen LogP contribution in [0.2, 0.25) is 0 Å². The number of amides is 1. The third kappa shape index (κ3) is 2.67. The first-order valence-electron chi connectivity index (χ1n) is 7.72. The fraction of sp³-hybridized carbons (Fsp3) is 0.529. The van der Waals surface area contributed by atoms with Gasteiger partial charge in [0.1, 0.15) is 0 Å². The van der Waals surface area contributed by atoms with Gasteiger partial charge in [-0.2, -0.15) is 0 Å². The number of halogens is 1. The Balaban J connectivity index is 1.75. The van der Waals surface area contributed by atoms with Crippen LogP contribution in [0.15, 0.2) is 28.7 Å². The standard InChI is InChI=1S/C17H20BrNO3/c1-11-10-19(9-6-14(11)15(20)21)16(22)17(7-8-17)12-2-4-13(18)5-3-12/h2-5,11,14H,6-10H2,1H3,(H,20,21). The molecule has 1 amide bonds. The molecule has 0 radical (unpaired) electrons. The number of carboxylic acid groups (broad SMARTS) is 1. The summed E-state index contributed by atoms with van der Waals surface area (Å²) in [5, 5.41) is 9.20. The molecule has 118 valence electrons. The summed E-state index contributed by atoms with van der Waals surface area (Å²) in [5.41, 5.74) is 0.713. The molecular weight excluding hydrogens is 346 g/mol. The minimum absolute atomic E-state index is 0.0101. The number of likely N-dealkylation sites (tertiary alicyclic amines) is 1. The number of rotatable bonds is 3. The number of aliphatic carboxylic acids is 1. The molecule has 0 aromatic heterocycles. The van der Waals surface area contributed by atoms with E-state index in [0.29, 0.717) is 19.5 Å². The maximum Gasteiger partial charge on any atom is 0.306 e. The molecule has 0 spiro atoms. The molecule has 1 aliphatic carbocycles. The third-order valence-electron chi connectivity index (χ3n) is 5.07. The number of hydrogen-bond acceptors (Lipinski definition) is 2. The summed E-state index contributed by atoms with van der Waals surface area (Å²) in [6.45, 7) is 3.03. The molecule has 22 heavy (non-hydrogen) atoms. The second kappa shape index (κ2) is 5.69. The second-order valence-corrected chi connectivity index (χ2v) is 7.47. The molecule has 2 unspecified atom stereocenters. The summed E-state index contributed by atoms with van der Waals surface area (Å²) in [5.74, 6) is -0.887. The Morgan fingerprint density at radius 2 is 1.91 bits per heavy atom. The van der Waals surface area contributed by atoms with E-state index in [-0.39, 0.29) is 23.2 Å². The lowest BCUT2D eigenvalue weighted by Crippen LogP contribution is -2.48. The minimum atomic E-state index is -0.742. The van der Waals surface area contributed by atoms with Gasteiger partial charge in [-0.1, -0.05) is 35.0 Å². The third-order valence-corrected chi connectivity index (χ3v) is 5.59. The molecule has 1 aromatic carbocycles. The van der Waals surface area contributed by atoms with Crippen LogP contribution in [-0.2, 0) is 15.0 Å². The Morgan fingerprint density at radius 3 is 2.41 bits per heavy atom. The molecular formula is C17H20BrNO3. The first kappa shape index (κ1) is 15.5. The van der Waals surface area contributed by atoms with E-state index in [0.717, 1.165) is 22.9 Å². The van der Waals surface area contributed by atoms with Crippen LogP contribution in [0.1, 0.15) is 31.7 Å². The lowest BCUT2D eigenvalue weighted by molar-refractivity contribution is -0.149. The second-order valence-electron chi connectivity index (χ2n) is 6.55. The number of piperidine rings is 1. The van der Waals surface area contributed by atoms with Gasteiger partial charge in [0.05, 0.1) is 11.3 Å². The normalized spacial score (nSPS) is 26.5. The lowest BCUT2D eigenvalue weighted by atomic mass is 9.85. The fourth-order valence-electron chi connectivity index (χ4n) is 3.52. The van der Waals surface area contributed by atoms with Crippen molar-refractivity contribution in [3.63, 3.8) is 0 Å². The van der Waals surface area contributed by atoms with E-state index < -0.39 is 5.97 Å². The molecule has 1 heterocycles. The SMILES string of the molecule is CC1CN(C(=O)C2(c3ccc(Br)cc3)CC2)CCC1C(=O)O. The maximum atomic E-state index is 13.0. The van der Waals surface area contributed by atoms with Crippen molar-refractivity contribution in [2.75, 3.05) is 13.1 Å². The summed E-state index contributed by atoms with van der Waals surface area (Å²) >= 11 is 3.42. The molecule has 1 aliphatic heterocycles. The lowest BCUT2D eigenvalue weighted by Gasteiger charge is -2.37. The summed E-state index contributed by atoms with van der Waals surface area (Å²) in [6, 6.07) is 7.98. The number of carbonyl (C=O) groups excluding carboxylic acids is 1. The van der Waals surface area contributed by atoms with Gasteiger partial charge in [0.15, 0.2) is 0 Å². The highest BCUT2D eigenvalue weighted by Gasteiger charge is 2.53. The van der Waals surface area contributed by atoms with Crippen molar-refractivity contribution in [3.8, 4) is 0 Å². The highest BCUT2D eigenvalue weighted by atomic mass is 79.9. The molecule has 2 aliphatic rings. The largest absolute Gasteiger partial charge is 0.481 e. The van der Waals surface area contributed by atoms with Crippen LogP contribution in [0.5, 0.6) is 0 Å². The first-order chi connectivity index (χ1) is 10.4. The van der Waals surface area contributed by atoms with Crippen molar-refractivity contribution >= 4 is 27.8 Å². The van der Waals surface area contributed by atoms with Crippen LogP contribution in [0, 0.1) is 11.8 Å². The summed E-state index contributed by atoms with van der Waals surface area (Å²) in [4.78, 5) is 26.0. The van der Waals surface area contributed by atoms with Crippen molar-refractivity contribution in [3.05, 3.63) is 34.3 Å². The van der Waals surface area contributed by atoms with Gasteiger partial charge in [0, 0.05) is 17.6 Å². The molecule has 1 saturated carbocycles. The smallest absolute Gasteiger partial charge is 0.306 e. The Hall–Kier alpha value is -1.36. The van der Waals surface area contributed by atoms with Crippen LogP contribution in [0.4, 0.5) is 0 Å². The number of benzene rings is 1. The predicted molar refractivity (Wildman–Crippen MR) is 86.5 cm³/mol. The molecule has 2 atom stereocenters. The van der Waals surface area contributed by atoms with Gasteiger partial charge in [0.25, 0.3) is 0 Å². The molecule has 1 saturated heterocycles. The molecule has 1 aromatic rings. The van der Waals surface area contributed by atoms with Gasteiger partial charge in [0.2, 0.25) is 5.91 Å². The van der Waals surface area contributed by atoms with E-state index in [4.69, 9.17) is 0 Å². The van der Waals surface area contributed by atoms with Crippen LogP contribution in [-0.4, -0.2) is 35.0 Å². The van der Waals surface area contributed by atoms with Crippen molar-refractivity contribution in [1.82, 2.24) is 4.90 Å². The van der Waals surface area contributed by atoms with E-state index >= 15 is 0 Å². The number of carboxylic acids is 1. The van der Waals surface area contributed by atoms with Crippen LogP contribution in [0.3, 0.4) is 0 Å². The van der Waals surface area contributed by atoms with Gasteiger partial charge in [-0.25, -0.2) is 0 Å². The van der Waals surface area contributed by atoms with E-state index in [1.807, 2.05) is 36.1 Å². The Bertz CT molecular complexity index is 594. The molecule has 1 N–H and O–H groups in total. The topological polar surface area (TPSA) is 57.6 Å². The highest BCUT2D eigenvalue weighted by molar-refractivity contribution is 9.10. The fourth-order valence-corrected chi connectivity index (χ4v) is 3.78. The summed E-state index contributed by atoms with van der Waals surface area (Å²) < 4.78 is 1.01. The summed E-state index contributed by atoms with van der Waals surface area (Å²) in [6.07, 6.45) is 2.33. The maximum absolute atomic E-state index is 13.0. The van der Waals surface area contributed by atoms with Gasteiger partial charge >= 0.3 is 5.97 Å². The zero-order valence-corrected chi connectivity index (χ0v) is 14.2. The average molecular weight is 366 g/mol. The first-order valence-corrected chi connectivity index (χ1v) is 8.51. The molecule has 3 rings (SSSR count). The van der Waals surface area contributed by atoms with Crippen molar-refractivity contribution in [2.24, 2.45) is 11.8 Å². The van der Waals surface area contributed by atoms with Crippen molar-refractivity contribution in [2.45, 2.75) is 31.6 Å². The van der Waals surface area contributed by atoms with E-state index in [2.05, 4.69) is 15.9 Å². The number of nitrogens with zero attached hydrogens (tertiary/aromatic N) is 1. The van der Waals surface area contributed by atoms with Crippen molar-refractivity contribution in [1.29, 1.82) is 0 Å². The molecule has 4 nitrogen and oxygen atoms in total. The number of hydrogen-bond donors (Lipinski definition) is 1. The van der Waals surface area contributed by atoms with Crippen LogP contribution < -0.4 is 0 Å². The van der Waals surface area contributed by atoms with Crippen LogP contribution in [0.25, 0.3) is 0 Å². The molecule has 5 heteroatoms. The van der Waals surface area contributed by atoms with Crippen LogP contribution >= 0.6 is 15.9 Å². The average Bonchev–Trinajstić information content (AvgIpc) is 3.28. The Kier molecular flexibility index (Phi) is 4.02. The van der Waals surface area contributed by atoms with E-state index in [9.17, 15) is 14.7 Å². The Labute approximate surface area is 138 Å². The van der Waals surface area contributed by atoms with Gasteiger partial charge in [-0.15, -0.1) is 0 Å². The quantitative estimate of drug-likeness (QED) is 0.895. The zero-order valence-electron chi connectivity index (χ0n) is 12.6. The highest BCUT2D eigenvalue weighted by Crippen LogP contribution is 2.50. The molecule has 2 fully saturated rings. The van der Waals surface area contributed by atoms with E-state index in [1.54, 1.807) is 0 Å². The zero-order chi connectivity index (χ0) is 15.9. The summed E-state index contributed by atoms with van der Waals surface area (Å²) in [7, 11) is 0. The van der Waals surface area contributed by atoms with Crippen molar-refractivity contribution < 1.29 is 14.7 Å². The number of carbonyl (C=O) groups is 2. The minimum Gasteiger partial charge on any atom is -0.481 e. The predicted octanol–water partition coefficient (Wildman–Crippen LogP) is 3.05. The van der Waals surface area contributed by atoms with Gasteiger partial charge in [-0.3, -0.25) is 9.59 Å². The molecule has 0 bridgehead atoms. The Morgan fingerprint density at radius 1 is 1.27 bits per heavy atom.